The van der Waals surface area contributed by atoms with Crippen molar-refractivity contribution >= 4 is 159 Å². The molecule has 0 aliphatic carbocycles. The lowest BCUT2D eigenvalue weighted by Crippen LogP contribution is -2.58. The quantitative estimate of drug-likeness (QED) is 0.133. The van der Waals surface area contributed by atoms with Gasteiger partial charge in [0.15, 0.2) is 11.5 Å². The largest absolute Gasteiger partial charge is 0.453 e. The maximum Gasteiger partial charge on any atom is 0.151 e. The molecule has 0 N–H and O–H groups in total. The Balaban J connectivity index is 0.0000000976. The first-order chi connectivity index (χ1) is 69.6. The summed E-state index contributed by atoms with van der Waals surface area (Å²) in [5.41, 5.74) is 28.3. The van der Waals surface area contributed by atoms with Crippen molar-refractivity contribution in [3.05, 3.63) is 575 Å². The number of aromatic nitrogens is 2. The van der Waals surface area contributed by atoms with Gasteiger partial charge in [-0.1, -0.05) is 397 Å². The fourth-order valence-corrected chi connectivity index (χ4v) is 23.9. The first-order valence-corrected chi connectivity index (χ1v) is 52.0. The number of fused-ring (bicyclic) bond motifs is 14. The zero-order chi connectivity index (χ0) is 95.3. The highest BCUT2D eigenvalue weighted by molar-refractivity contribution is 7.99. The molecule has 0 saturated heterocycles. The monoisotopic (exact) mass is 1850 g/mol. The minimum Gasteiger partial charge on any atom is -0.453 e. The third kappa shape index (κ3) is 18.5. The minimum absolute atomic E-state index is 0.0124. The first-order valence-electron chi connectivity index (χ1n) is 48.1. The van der Waals surface area contributed by atoms with Crippen molar-refractivity contribution in [1.82, 2.24) is 9.13 Å². The molecule has 2 aromatic heterocycles. The Morgan fingerprint density at radius 1 is 0.206 bits per heavy atom. The van der Waals surface area contributed by atoms with Crippen LogP contribution >= 0.6 is 11.8 Å². The first kappa shape index (κ1) is 90.1. The molecule has 21 aromatic carbocycles. The van der Waals surface area contributed by atoms with Gasteiger partial charge in [-0.15, -0.1) is 0 Å². The van der Waals surface area contributed by atoms with Gasteiger partial charge in [0.1, 0.15) is 8.07 Å². The van der Waals surface area contributed by atoms with Crippen LogP contribution in [-0.2, 0) is 5.41 Å². The van der Waals surface area contributed by atoms with Crippen LogP contribution in [0.4, 0.5) is 85.3 Å². The highest BCUT2D eigenvalue weighted by Gasteiger charge is 2.39. The second-order valence-electron chi connectivity index (χ2n) is 35.8. The molecule has 141 heavy (non-hydrogen) atoms. The second kappa shape index (κ2) is 41.3. The van der Waals surface area contributed by atoms with E-state index in [9.17, 15) is 0 Å². The zero-order valence-electron chi connectivity index (χ0n) is 79.1. The minimum atomic E-state index is -1.65. The summed E-state index contributed by atoms with van der Waals surface area (Å²) in [6, 6.07) is 197. The van der Waals surface area contributed by atoms with Crippen LogP contribution in [0.3, 0.4) is 0 Å². The number of rotatable bonds is 9. The van der Waals surface area contributed by atoms with E-state index in [1.165, 1.54) is 155 Å². The molecule has 27 rings (SSSR count). The molecular weight excluding hydrogens is 1750 g/mol. The maximum atomic E-state index is 5.99. The molecule has 0 spiro atoms. The summed E-state index contributed by atoms with van der Waals surface area (Å²) < 4.78 is 10.6. The average Bonchev–Trinajstić information content (AvgIpc) is 1.62. The summed E-state index contributed by atoms with van der Waals surface area (Å²) in [6.45, 7) is 9.53. The summed E-state index contributed by atoms with van der Waals surface area (Å²) in [4.78, 5) is 14.2. The SMILES string of the molecule is CC1(C)c2ccccc2N(c2ccccc2)c2ccccc21.C[Si]1(C)c2ccccc2N(c2ccccc2)c2ccccc21.c1ccc(-n2c3ccccc3c3ccccc32)cc1.c1ccc(-n2c3ccccc3c3ccccc32)cc1.c1ccc(N(c2ccccc2)c2ccccc2)cc1.c1ccc(N2c3ccccc3Oc3ccccc32)cc1.c1ccc(N2c3ccccc3Sc3ccccc32)cc1. The van der Waals surface area contributed by atoms with Crippen molar-refractivity contribution < 1.29 is 4.74 Å². The van der Waals surface area contributed by atoms with E-state index >= 15 is 0 Å². The Labute approximate surface area is 831 Å². The Morgan fingerprint density at radius 3 is 0.752 bits per heavy atom. The van der Waals surface area contributed by atoms with E-state index in [1.54, 1.807) is 0 Å². The van der Waals surface area contributed by atoms with Crippen molar-refractivity contribution in [3.8, 4) is 22.9 Å². The summed E-state index contributed by atoms with van der Waals surface area (Å²) in [5.74, 6) is 1.77. The van der Waals surface area contributed by atoms with Gasteiger partial charge in [-0.3, -0.25) is 0 Å². The van der Waals surface area contributed by atoms with Crippen LogP contribution in [0.1, 0.15) is 25.0 Å². The van der Waals surface area contributed by atoms with Crippen LogP contribution in [0.2, 0.25) is 13.1 Å². The highest BCUT2D eigenvalue weighted by Crippen LogP contribution is 2.55. The summed E-state index contributed by atoms with van der Waals surface area (Å²) in [6.07, 6.45) is 0. The van der Waals surface area contributed by atoms with Gasteiger partial charge in [0, 0.05) is 99.3 Å². The van der Waals surface area contributed by atoms with E-state index in [0.29, 0.717) is 0 Å². The topological polar surface area (TPSA) is 35.3 Å². The molecule has 0 atom stereocenters. The molecule has 680 valence electrons. The van der Waals surface area contributed by atoms with Gasteiger partial charge in [0.05, 0.1) is 56.2 Å². The Hall–Kier alpha value is -17.4. The predicted octanol–water partition coefficient (Wildman–Crippen LogP) is 35.7. The molecule has 0 radical (unpaired) electrons. The Kier molecular flexibility index (Phi) is 26.4. The second-order valence-corrected chi connectivity index (χ2v) is 41.2. The fraction of sp³-hybridized carbons (Fsp3) is 0.0382. The van der Waals surface area contributed by atoms with Gasteiger partial charge in [-0.05, 0) is 228 Å². The van der Waals surface area contributed by atoms with Crippen molar-refractivity contribution in [2.45, 2.75) is 42.1 Å². The van der Waals surface area contributed by atoms with Gasteiger partial charge >= 0.3 is 0 Å². The maximum absolute atomic E-state index is 5.99. The lowest BCUT2D eigenvalue weighted by atomic mass is 9.73. The third-order valence-electron chi connectivity index (χ3n) is 26.4. The number of benzene rings is 21. The van der Waals surface area contributed by atoms with E-state index in [-0.39, 0.29) is 5.41 Å². The number of nitrogens with zero attached hydrogens (tertiary/aromatic N) is 7. The van der Waals surface area contributed by atoms with Crippen molar-refractivity contribution in [2.75, 3.05) is 24.5 Å². The predicted molar refractivity (Wildman–Crippen MR) is 600 cm³/mol. The van der Waals surface area contributed by atoms with Crippen molar-refractivity contribution in [1.29, 1.82) is 0 Å². The van der Waals surface area contributed by atoms with Crippen LogP contribution in [0.25, 0.3) is 55.0 Å². The van der Waals surface area contributed by atoms with Gasteiger partial charge < -0.3 is 38.4 Å². The van der Waals surface area contributed by atoms with E-state index in [2.05, 4.69) is 564 Å². The average molecular weight is 1850 g/mol. The van der Waals surface area contributed by atoms with E-state index in [0.717, 1.165) is 28.6 Å². The number of anilines is 15. The standard InChI is InChI=1S/C21H19N.C20H19NSi.C18H13NO.C18H13NS.2C18H13N.C18H15N/c1-21(2)17-12-6-8-14-19(17)22(16-10-4-3-5-11-16)20-15-9-7-13-18(20)21;1-22(2)19-14-8-6-12-17(19)21(16-10-4-3-5-11-16)18-13-7-9-15-20(18)22;2*1-2-8-14(9-3-1)19-15-10-4-6-12-17(15)20-18-13-7-5-11-16(18)19;2*1-2-8-14(9-3-1)19-17-12-6-4-10-15(17)16-11-5-7-13-18(16)19;1-4-10-16(11-5-1)19(17-12-6-2-7-13-17)18-14-8-3-9-15-18/h2*3-15H,1-2H3;2*1-13H;2*1-13H;1-15H. The van der Waals surface area contributed by atoms with Gasteiger partial charge in [-0.25, -0.2) is 0 Å². The van der Waals surface area contributed by atoms with Crippen LogP contribution in [0, 0.1) is 0 Å². The molecule has 6 heterocycles. The number of ether oxygens (including phenoxy) is 1. The summed E-state index contributed by atoms with van der Waals surface area (Å²) >= 11 is 1.84. The molecule has 10 heteroatoms. The van der Waals surface area contributed by atoms with Gasteiger partial charge in [-0.2, -0.15) is 0 Å². The van der Waals surface area contributed by atoms with E-state index < -0.39 is 8.07 Å². The number of hydrogen-bond donors (Lipinski definition) is 0. The summed E-state index contributed by atoms with van der Waals surface area (Å²) in [5, 5.41) is 8.25. The Bertz CT molecular complexity index is 7380. The van der Waals surface area contributed by atoms with Crippen LogP contribution in [0.15, 0.2) is 574 Å². The normalized spacial score (nSPS) is 12.6. The Morgan fingerprint density at radius 2 is 0.426 bits per heavy atom. The molecule has 0 amide bonds. The summed E-state index contributed by atoms with van der Waals surface area (Å²) in [7, 11) is -1.65. The van der Waals surface area contributed by atoms with Gasteiger partial charge in [0.25, 0.3) is 0 Å². The van der Waals surface area contributed by atoms with E-state index in [4.69, 9.17) is 4.74 Å². The van der Waals surface area contributed by atoms with Crippen LogP contribution < -0.4 is 39.6 Å². The van der Waals surface area contributed by atoms with Crippen LogP contribution in [-0.4, -0.2) is 17.2 Å². The molecular formula is C131H105N7OSSi. The number of hydrogen-bond acceptors (Lipinski definition) is 7. The lowest BCUT2D eigenvalue weighted by molar-refractivity contribution is 0.477. The molecule has 0 bridgehead atoms. The molecule has 4 aliphatic rings. The smallest absolute Gasteiger partial charge is 0.151 e. The molecule has 0 saturated carbocycles. The van der Waals surface area contributed by atoms with Crippen LogP contribution in [0.5, 0.6) is 11.5 Å². The highest BCUT2D eigenvalue weighted by atomic mass is 32.2. The molecule has 8 nitrogen and oxygen atoms in total. The molecule has 4 aliphatic heterocycles. The van der Waals surface area contributed by atoms with E-state index in [1.807, 2.05) is 72.4 Å². The lowest BCUT2D eigenvalue weighted by Gasteiger charge is -2.42. The van der Waals surface area contributed by atoms with Gasteiger partial charge in [0.2, 0.25) is 0 Å². The third-order valence-corrected chi connectivity index (χ3v) is 31.1. The molecule has 0 unspecified atom stereocenters. The van der Waals surface area contributed by atoms with Crippen molar-refractivity contribution in [3.63, 3.8) is 0 Å². The zero-order valence-corrected chi connectivity index (χ0v) is 81.0. The number of para-hydroxylation sites is 23. The molecule has 0 fully saturated rings. The van der Waals surface area contributed by atoms with Crippen molar-refractivity contribution in [2.24, 2.45) is 0 Å². The fourth-order valence-electron chi connectivity index (χ4n) is 19.9. The molecule has 23 aromatic rings.